The summed E-state index contributed by atoms with van der Waals surface area (Å²) in [5.41, 5.74) is 11.6. The molecule has 2 heterocycles. The molecule has 0 N–H and O–H groups in total. The third-order valence-corrected chi connectivity index (χ3v) is 22.6. The molecule has 0 bridgehead atoms. The van der Waals surface area contributed by atoms with Crippen molar-refractivity contribution >= 4 is 43.6 Å². The van der Waals surface area contributed by atoms with Crippen LogP contribution in [-0.4, -0.2) is 26.1 Å². The van der Waals surface area contributed by atoms with E-state index in [9.17, 15) is 0 Å². The Balaban J connectivity index is 1.60. The molecule has 0 aliphatic carbocycles. The van der Waals surface area contributed by atoms with E-state index in [1.54, 1.807) is 0 Å². The lowest BCUT2D eigenvalue weighted by molar-refractivity contribution is 1.18. The average molecular weight is 670 g/mol. The zero-order chi connectivity index (χ0) is 34.5. The minimum absolute atomic E-state index is 1.02. The van der Waals surface area contributed by atoms with Gasteiger partial charge in [-0.2, -0.15) is 0 Å². The van der Waals surface area contributed by atoms with Crippen LogP contribution in [0.2, 0.25) is 36.3 Å². The van der Waals surface area contributed by atoms with Crippen LogP contribution >= 0.6 is 0 Å². The second kappa shape index (κ2) is 15.2. The summed E-state index contributed by atoms with van der Waals surface area (Å²) >= 11 is 0. The molecule has 2 aromatic heterocycles. The van der Waals surface area contributed by atoms with Gasteiger partial charge in [-0.05, 0) is 78.7 Å². The van der Waals surface area contributed by atoms with Gasteiger partial charge in [-0.1, -0.05) is 132 Å². The lowest BCUT2D eigenvalue weighted by atomic mass is 10.0. The molecule has 250 valence electrons. The second-order valence-corrected chi connectivity index (χ2v) is 24.2. The topological polar surface area (TPSA) is 29.0 Å². The summed E-state index contributed by atoms with van der Waals surface area (Å²) in [5.74, 6) is 0. The number of pyridine rings is 2. The molecular weight excluding hydrogens is 615 g/mol. The van der Waals surface area contributed by atoms with E-state index >= 15 is 0 Å². The third kappa shape index (κ3) is 6.86. The Hall–Kier alpha value is -3.81. The highest BCUT2D eigenvalue weighted by molar-refractivity contribution is 6.92. The van der Waals surface area contributed by atoms with E-state index in [4.69, 9.17) is 9.97 Å². The average Bonchev–Trinajstić information content (AvgIpc) is 3.12. The molecule has 0 saturated heterocycles. The highest BCUT2D eigenvalue weighted by Crippen LogP contribution is 2.41. The van der Waals surface area contributed by atoms with Crippen LogP contribution in [0.3, 0.4) is 0 Å². The molecule has 0 amide bonds. The summed E-state index contributed by atoms with van der Waals surface area (Å²) in [6, 6.07) is 39.1. The van der Waals surface area contributed by atoms with Crippen LogP contribution in [0.15, 0.2) is 97.3 Å². The smallest absolute Gasteiger partial charge is 0.0879 e. The number of hydrogen-bond acceptors (Lipinski definition) is 3. The quantitative estimate of drug-likeness (QED) is 0.117. The first-order valence-corrected chi connectivity index (χ1v) is 23.4. The fourth-order valence-electron chi connectivity index (χ4n) is 8.02. The normalized spacial score (nSPS) is 11.9. The number of nitrogens with zero attached hydrogens (tertiary/aromatic N) is 3. The summed E-state index contributed by atoms with van der Waals surface area (Å²) < 4.78 is 0. The van der Waals surface area contributed by atoms with Gasteiger partial charge in [0.1, 0.15) is 0 Å². The van der Waals surface area contributed by atoms with Crippen molar-refractivity contribution in [2.45, 2.75) is 98.6 Å². The maximum atomic E-state index is 5.06. The molecule has 0 aliphatic rings. The molecule has 0 saturated carbocycles. The summed E-state index contributed by atoms with van der Waals surface area (Å²) in [5, 5.41) is 2.96. The number of aromatic nitrogens is 2. The fourth-order valence-corrected chi connectivity index (χ4v) is 15.0. The van der Waals surface area contributed by atoms with E-state index in [1.807, 2.05) is 0 Å². The molecule has 0 fully saturated rings. The number of benzene rings is 3. The zero-order valence-electron chi connectivity index (χ0n) is 30.8. The molecule has 5 rings (SSSR count). The van der Waals surface area contributed by atoms with Gasteiger partial charge in [0.05, 0.1) is 33.2 Å². The minimum atomic E-state index is -1.48. The van der Waals surface area contributed by atoms with Gasteiger partial charge in [-0.15, -0.1) is 0 Å². The van der Waals surface area contributed by atoms with E-state index in [2.05, 4.69) is 165 Å². The fraction of sp³-hybridized carbons (Fsp3) is 0.349. The first-order valence-electron chi connectivity index (χ1n) is 18.2. The van der Waals surface area contributed by atoms with Crippen LogP contribution in [0.1, 0.15) is 58.2 Å². The molecule has 0 spiro atoms. The highest BCUT2D eigenvalue weighted by atomic mass is 28.3. The van der Waals surface area contributed by atoms with E-state index < -0.39 is 16.1 Å². The van der Waals surface area contributed by atoms with Crippen molar-refractivity contribution in [3.8, 4) is 22.5 Å². The molecular formula is C43H55N3Si2. The molecule has 5 aromatic rings. The predicted molar refractivity (Wildman–Crippen MR) is 215 cm³/mol. The van der Waals surface area contributed by atoms with Crippen LogP contribution in [0.25, 0.3) is 22.5 Å². The minimum Gasteiger partial charge on any atom is -0.310 e. The number of anilines is 3. The standard InChI is InChI=1S/C43H55N3Si2/c1-10-47(11-2,12-3)39-22-24-41(44-30-39)35-18-16-20-37(28-35)46(43-33(8)26-32(7)27-34(43)9)38-21-17-19-36(29-38)42-25-23-40(31-45-42)48(13-4,14-5)15-6/h16-31H,10-15H2,1-9H3. The lowest BCUT2D eigenvalue weighted by Crippen LogP contribution is -2.45. The summed E-state index contributed by atoms with van der Waals surface area (Å²) in [6.45, 7) is 20.8. The van der Waals surface area contributed by atoms with Crippen LogP contribution < -0.4 is 15.3 Å². The number of rotatable bonds is 13. The molecule has 0 atom stereocenters. The molecule has 3 nitrogen and oxygen atoms in total. The molecule has 5 heteroatoms. The Kier molecular flexibility index (Phi) is 11.2. The highest BCUT2D eigenvalue weighted by Gasteiger charge is 2.30. The molecule has 48 heavy (non-hydrogen) atoms. The van der Waals surface area contributed by atoms with Gasteiger partial charge in [0, 0.05) is 34.9 Å². The molecule has 3 aromatic carbocycles. The van der Waals surface area contributed by atoms with E-state index in [0.29, 0.717) is 0 Å². The van der Waals surface area contributed by atoms with Gasteiger partial charge in [-0.3, -0.25) is 9.97 Å². The SMILES string of the molecule is CC[Si](CC)(CC)c1ccc(-c2cccc(N(c3cccc(-c4ccc([Si](CC)(CC)CC)cn4)c3)c3c(C)cc(C)cc3C)c2)nc1. The van der Waals surface area contributed by atoms with Crippen molar-refractivity contribution in [1.82, 2.24) is 9.97 Å². The van der Waals surface area contributed by atoms with Crippen molar-refractivity contribution in [1.29, 1.82) is 0 Å². The predicted octanol–water partition coefficient (Wildman–Crippen LogP) is 11.6. The number of aryl methyl sites for hydroxylation is 3. The molecule has 0 radical (unpaired) electrons. The molecule has 0 unspecified atom stereocenters. The lowest BCUT2D eigenvalue weighted by Gasteiger charge is -2.30. The Morgan fingerprint density at radius 2 is 0.896 bits per heavy atom. The molecule has 0 aliphatic heterocycles. The van der Waals surface area contributed by atoms with Gasteiger partial charge >= 0.3 is 0 Å². The van der Waals surface area contributed by atoms with Gasteiger partial charge in [0.2, 0.25) is 0 Å². The van der Waals surface area contributed by atoms with E-state index in [1.165, 1.54) is 69.0 Å². The Morgan fingerprint density at radius 3 is 1.23 bits per heavy atom. The maximum Gasteiger partial charge on any atom is 0.0879 e. The van der Waals surface area contributed by atoms with Crippen molar-refractivity contribution in [2.24, 2.45) is 0 Å². The summed E-state index contributed by atoms with van der Waals surface area (Å²) in [7, 11) is -2.96. The second-order valence-electron chi connectivity index (χ2n) is 13.7. The third-order valence-electron chi connectivity index (χ3n) is 11.5. The van der Waals surface area contributed by atoms with Crippen LogP contribution in [0.5, 0.6) is 0 Å². The first-order chi connectivity index (χ1) is 23.2. The maximum absolute atomic E-state index is 5.06. The van der Waals surface area contributed by atoms with Crippen LogP contribution in [0.4, 0.5) is 17.1 Å². The Bertz CT molecular complexity index is 1670. The monoisotopic (exact) mass is 669 g/mol. The van der Waals surface area contributed by atoms with Crippen LogP contribution in [0, 0.1) is 20.8 Å². The van der Waals surface area contributed by atoms with Crippen LogP contribution in [-0.2, 0) is 0 Å². The summed E-state index contributed by atoms with van der Waals surface area (Å²) in [4.78, 5) is 12.5. The zero-order valence-corrected chi connectivity index (χ0v) is 32.8. The van der Waals surface area contributed by atoms with Crippen molar-refractivity contribution in [2.75, 3.05) is 4.90 Å². The van der Waals surface area contributed by atoms with E-state index in [0.717, 1.165) is 33.9 Å². The van der Waals surface area contributed by atoms with Crippen molar-refractivity contribution in [3.05, 3.63) is 114 Å². The summed E-state index contributed by atoms with van der Waals surface area (Å²) in [6.07, 6.45) is 4.35. The van der Waals surface area contributed by atoms with E-state index in [-0.39, 0.29) is 0 Å². The van der Waals surface area contributed by atoms with Gasteiger partial charge in [-0.25, -0.2) is 0 Å². The van der Waals surface area contributed by atoms with Crippen molar-refractivity contribution in [3.63, 3.8) is 0 Å². The Morgan fingerprint density at radius 1 is 0.500 bits per heavy atom. The number of hydrogen-bond donors (Lipinski definition) is 0. The van der Waals surface area contributed by atoms with Gasteiger partial charge in [0.15, 0.2) is 0 Å². The van der Waals surface area contributed by atoms with Crippen molar-refractivity contribution < 1.29 is 0 Å². The largest absolute Gasteiger partial charge is 0.310 e. The van der Waals surface area contributed by atoms with Gasteiger partial charge < -0.3 is 4.90 Å². The first kappa shape index (κ1) is 35.5. The Labute approximate surface area is 292 Å². The van der Waals surface area contributed by atoms with Gasteiger partial charge in [0.25, 0.3) is 0 Å².